The van der Waals surface area contributed by atoms with Crippen molar-refractivity contribution >= 4 is 29.2 Å². The van der Waals surface area contributed by atoms with Gasteiger partial charge in [-0.1, -0.05) is 25.3 Å². The molecule has 2 aliphatic rings. The molecule has 2 saturated heterocycles. The first-order valence-corrected chi connectivity index (χ1v) is 9.08. The van der Waals surface area contributed by atoms with Crippen LogP contribution in [0, 0.1) is 6.92 Å². The van der Waals surface area contributed by atoms with Crippen LogP contribution < -0.4 is 10.2 Å². The molecule has 2 aliphatic heterocycles. The third-order valence-corrected chi connectivity index (χ3v) is 4.90. The fourth-order valence-corrected chi connectivity index (χ4v) is 3.43. The number of urea groups is 1. The van der Waals surface area contributed by atoms with Crippen LogP contribution in [0.1, 0.15) is 50.5 Å². The smallest absolute Gasteiger partial charge is 0.321 e. The zero-order valence-corrected chi connectivity index (χ0v) is 14.7. The Kier molecular flexibility index (Phi) is 5.36. The number of anilines is 2. The Morgan fingerprint density at radius 2 is 1.56 bits per heavy atom. The Morgan fingerprint density at radius 1 is 0.960 bits per heavy atom. The van der Waals surface area contributed by atoms with Crippen LogP contribution in [0.2, 0.25) is 0 Å². The molecule has 0 radical (unpaired) electrons. The molecule has 134 valence electrons. The molecule has 2 heterocycles. The Balaban J connectivity index is 1.74. The van der Waals surface area contributed by atoms with E-state index in [1.54, 1.807) is 6.07 Å². The summed E-state index contributed by atoms with van der Waals surface area (Å²) in [7, 11) is 0. The molecule has 6 heteroatoms. The highest BCUT2D eigenvalue weighted by Gasteiger charge is 2.31. The molecule has 4 amide bonds. The lowest BCUT2D eigenvalue weighted by Gasteiger charge is -2.25. The van der Waals surface area contributed by atoms with Crippen LogP contribution in [0.25, 0.3) is 0 Å². The molecule has 1 aromatic carbocycles. The van der Waals surface area contributed by atoms with Gasteiger partial charge in [0.25, 0.3) is 0 Å². The zero-order chi connectivity index (χ0) is 17.8. The lowest BCUT2D eigenvalue weighted by atomic mass is 10.1. The molecule has 0 bridgehead atoms. The van der Waals surface area contributed by atoms with Crippen molar-refractivity contribution < 1.29 is 14.4 Å². The zero-order valence-electron chi connectivity index (χ0n) is 14.7. The molecular weight excluding hydrogens is 318 g/mol. The van der Waals surface area contributed by atoms with Crippen LogP contribution in [0.4, 0.5) is 16.2 Å². The van der Waals surface area contributed by atoms with Crippen molar-refractivity contribution in [2.45, 2.75) is 51.9 Å². The minimum absolute atomic E-state index is 0.115. The van der Waals surface area contributed by atoms with E-state index in [0.717, 1.165) is 44.3 Å². The summed E-state index contributed by atoms with van der Waals surface area (Å²) in [5.41, 5.74) is 2.02. The van der Waals surface area contributed by atoms with Gasteiger partial charge < -0.3 is 10.2 Å². The van der Waals surface area contributed by atoms with Gasteiger partial charge in [-0.05, 0) is 37.5 Å². The van der Waals surface area contributed by atoms with Crippen molar-refractivity contribution in [2.24, 2.45) is 0 Å². The van der Waals surface area contributed by atoms with E-state index in [-0.39, 0.29) is 30.7 Å². The molecule has 6 nitrogen and oxygen atoms in total. The van der Waals surface area contributed by atoms with Crippen molar-refractivity contribution in [2.75, 3.05) is 23.3 Å². The summed E-state index contributed by atoms with van der Waals surface area (Å²) < 4.78 is 0. The first kappa shape index (κ1) is 17.5. The maximum atomic E-state index is 12.5. The average Bonchev–Trinajstić information content (AvgIpc) is 2.88. The topological polar surface area (TPSA) is 69.7 Å². The fraction of sp³-hybridized carbons (Fsp3) is 0.526. The van der Waals surface area contributed by atoms with Gasteiger partial charge >= 0.3 is 6.03 Å². The second-order valence-corrected chi connectivity index (χ2v) is 6.81. The molecule has 0 saturated carbocycles. The molecule has 1 N–H and O–H groups in total. The minimum Gasteiger partial charge on any atom is -0.325 e. The number of benzene rings is 1. The standard InChI is InChI=1S/C19H25N3O3/c1-14-7-8-15(13-16(14)22-17(23)9-10-18(22)24)20-19(25)21-11-5-3-2-4-6-12-21/h7-8,13H,2-6,9-12H2,1H3,(H,20,25). The van der Waals surface area contributed by atoms with E-state index in [4.69, 9.17) is 0 Å². The molecule has 0 unspecified atom stereocenters. The summed E-state index contributed by atoms with van der Waals surface area (Å²) in [6.07, 6.45) is 6.14. The predicted molar refractivity (Wildman–Crippen MR) is 96.6 cm³/mol. The average molecular weight is 343 g/mol. The maximum absolute atomic E-state index is 12.5. The Bertz CT molecular complexity index is 662. The van der Waals surface area contributed by atoms with E-state index in [1.807, 2.05) is 24.0 Å². The van der Waals surface area contributed by atoms with Gasteiger partial charge in [-0.2, -0.15) is 0 Å². The number of likely N-dealkylation sites (tertiary alicyclic amines) is 1. The van der Waals surface area contributed by atoms with Gasteiger partial charge in [0.2, 0.25) is 11.8 Å². The minimum atomic E-state index is -0.180. The summed E-state index contributed by atoms with van der Waals surface area (Å²) in [6.45, 7) is 3.40. The first-order valence-electron chi connectivity index (χ1n) is 9.08. The van der Waals surface area contributed by atoms with Gasteiger partial charge in [0.15, 0.2) is 0 Å². The molecule has 25 heavy (non-hydrogen) atoms. The number of aryl methyl sites for hydroxylation is 1. The SMILES string of the molecule is Cc1ccc(NC(=O)N2CCCCCCC2)cc1N1C(=O)CCC1=O. The molecule has 3 rings (SSSR count). The summed E-state index contributed by atoms with van der Waals surface area (Å²) in [5, 5.41) is 2.92. The first-order chi connectivity index (χ1) is 12.1. The second-order valence-electron chi connectivity index (χ2n) is 6.81. The van der Waals surface area contributed by atoms with E-state index in [2.05, 4.69) is 5.32 Å². The number of carbonyl (C=O) groups is 3. The van der Waals surface area contributed by atoms with Crippen LogP contribution >= 0.6 is 0 Å². The molecule has 0 aliphatic carbocycles. The van der Waals surface area contributed by atoms with Crippen LogP contribution in [0.3, 0.4) is 0 Å². The van der Waals surface area contributed by atoms with Crippen LogP contribution in [-0.2, 0) is 9.59 Å². The van der Waals surface area contributed by atoms with Crippen molar-refractivity contribution in [1.82, 2.24) is 4.90 Å². The Labute approximate surface area is 148 Å². The number of amides is 4. The van der Waals surface area contributed by atoms with E-state index >= 15 is 0 Å². The van der Waals surface area contributed by atoms with Crippen molar-refractivity contribution in [3.05, 3.63) is 23.8 Å². The highest BCUT2D eigenvalue weighted by Crippen LogP contribution is 2.29. The van der Waals surface area contributed by atoms with E-state index < -0.39 is 0 Å². The Morgan fingerprint density at radius 3 is 2.20 bits per heavy atom. The maximum Gasteiger partial charge on any atom is 0.321 e. The van der Waals surface area contributed by atoms with Crippen LogP contribution in [-0.4, -0.2) is 35.8 Å². The molecular formula is C19H25N3O3. The quantitative estimate of drug-likeness (QED) is 0.836. The number of imide groups is 1. The van der Waals surface area contributed by atoms with Gasteiger partial charge in [-0.3, -0.25) is 14.5 Å². The van der Waals surface area contributed by atoms with E-state index in [0.29, 0.717) is 11.4 Å². The lowest BCUT2D eigenvalue weighted by molar-refractivity contribution is -0.121. The lowest BCUT2D eigenvalue weighted by Crippen LogP contribution is -2.37. The second kappa shape index (κ2) is 7.68. The van der Waals surface area contributed by atoms with Crippen LogP contribution in [0.15, 0.2) is 18.2 Å². The van der Waals surface area contributed by atoms with Gasteiger partial charge in [0.1, 0.15) is 0 Å². The fourth-order valence-electron chi connectivity index (χ4n) is 3.43. The van der Waals surface area contributed by atoms with Gasteiger partial charge in [-0.15, -0.1) is 0 Å². The van der Waals surface area contributed by atoms with Gasteiger partial charge in [0, 0.05) is 31.6 Å². The van der Waals surface area contributed by atoms with Crippen molar-refractivity contribution in [3.8, 4) is 0 Å². The molecule has 0 spiro atoms. The third kappa shape index (κ3) is 4.00. The monoisotopic (exact) mass is 343 g/mol. The number of rotatable bonds is 2. The van der Waals surface area contributed by atoms with E-state index in [9.17, 15) is 14.4 Å². The van der Waals surface area contributed by atoms with Gasteiger partial charge in [-0.25, -0.2) is 4.79 Å². The van der Waals surface area contributed by atoms with Gasteiger partial charge in [0.05, 0.1) is 5.69 Å². The van der Waals surface area contributed by atoms with Crippen LogP contribution in [0.5, 0.6) is 0 Å². The summed E-state index contributed by atoms with van der Waals surface area (Å²) in [6, 6.07) is 5.25. The summed E-state index contributed by atoms with van der Waals surface area (Å²) >= 11 is 0. The Hall–Kier alpha value is -2.37. The molecule has 2 fully saturated rings. The highest BCUT2D eigenvalue weighted by atomic mass is 16.2. The molecule has 0 aromatic heterocycles. The highest BCUT2D eigenvalue weighted by molar-refractivity contribution is 6.20. The number of hydrogen-bond donors (Lipinski definition) is 1. The van der Waals surface area contributed by atoms with Crippen molar-refractivity contribution in [3.63, 3.8) is 0 Å². The summed E-state index contributed by atoms with van der Waals surface area (Å²) in [5.74, 6) is -0.360. The normalized spacial score (nSPS) is 18.9. The largest absolute Gasteiger partial charge is 0.325 e. The van der Waals surface area contributed by atoms with Crippen molar-refractivity contribution in [1.29, 1.82) is 0 Å². The van der Waals surface area contributed by atoms with E-state index in [1.165, 1.54) is 11.3 Å². The number of nitrogens with one attached hydrogen (secondary N) is 1. The third-order valence-electron chi connectivity index (χ3n) is 4.90. The number of hydrogen-bond acceptors (Lipinski definition) is 3. The predicted octanol–water partition coefficient (Wildman–Crippen LogP) is 3.45. The molecule has 0 atom stereocenters. The number of nitrogens with zero attached hydrogens (tertiary/aromatic N) is 2. The summed E-state index contributed by atoms with van der Waals surface area (Å²) in [4.78, 5) is 39.6. The molecule has 1 aromatic rings. The number of carbonyl (C=O) groups excluding carboxylic acids is 3.